The van der Waals surface area contributed by atoms with Crippen LogP contribution in [-0.4, -0.2) is 47.6 Å². The summed E-state index contributed by atoms with van der Waals surface area (Å²) in [6, 6.07) is 9.73. The summed E-state index contributed by atoms with van der Waals surface area (Å²) >= 11 is 0. The molecule has 1 amide bonds. The topological polar surface area (TPSA) is 84.3 Å². The molecule has 2 heterocycles. The predicted octanol–water partition coefficient (Wildman–Crippen LogP) is 1.48. The van der Waals surface area contributed by atoms with Gasteiger partial charge in [0.15, 0.2) is 0 Å². The quantitative estimate of drug-likeness (QED) is 0.859. The Hall–Kier alpha value is -2.19. The summed E-state index contributed by atoms with van der Waals surface area (Å²) in [4.78, 5) is 15.0. The third kappa shape index (κ3) is 2.93. The first-order chi connectivity index (χ1) is 12.5. The van der Waals surface area contributed by atoms with Crippen molar-refractivity contribution < 1.29 is 13.2 Å². The number of aromatic nitrogens is 2. The van der Waals surface area contributed by atoms with Crippen LogP contribution in [0.4, 0.5) is 0 Å². The summed E-state index contributed by atoms with van der Waals surface area (Å²) < 4.78 is 29.8. The number of benzene rings is 1. The van der Waals surface area contributed by atoms with E-state index in [1.807, 2.05) is 11.8 Å². The number of aryl methyl sites for hydroxylation is 1. The number of likely N-dealkylation sites (tertiary alicyclic amines) is 1. The minimum atomic E-state index is -3.59. The molecule has 2 fully saturated rings. The molecule has 26 heavy (non-hydrogen) atoms. The highest BCUT2D eigenvalue weighted by atomic mass is 32.2. The molecule has 138 valence electrons. The Kier molecular flexibility index (Phi) is 4.32. The van der Waals surface area contributed by atoms with Gasteiger partial charge in [0.05, 0.1) is 4.90 Å². The molecule has 3 atom stereocenters. The van der Waals surface area contributed by atoms with Gasteiger partial charge in [-0.3, -0.25) is 9.48 Å². The molecule has 0 spiro atoms. The van der Waals surface area contributed by atoms with E-state index in [4.69, 9.17) is 0 Å². The van der Waals surface area contributed by atoms with Gasteiger partial charge in [0, 0.05) is 31.4 Å². The smallest absolute Gasteiger partial charge is 0.272 e. The molecule has 2 aromatic rings. The molecule has 1 N–H and O–H groups in total. The number of rotatable bonds is 5. The normalized spacial score (nSPS) is 25.0. The number of hydrogen-bond acceptors (Lipinski definition) is 4. The van der Waals surface area contributed by atoms with Gasteiger partial charge >= 0.3 is 0 Å². The zero-order valence-electron chi connectivity index (χ0n) is 14.6. The summed E-state index contributed by atoms with van der Waals surface area (Å²) in [5.74, 6) is 0.269. The van der Waals surface area contributed by atoms with Crippen LogP contribution in [0.5, 0.6) is 0 Å². The summed E-state index contributed by atoms with van der Waals surface area (Å²) in [6.45, 7) is 3.25. The van der Waals surface area contributed by atoms with E-state index in [1.54, 1.807) is 47.3 Å². The standard InChI is InChI=1S/C18H22N4O3S/c1-2-22-16(8-9-19-22)18(23)21-12-13-10-15(17(21)11-13)20-26(24,25)14-6-4-3-5-7-14/h3-9,13,15,17,20H,2,10-12H2,1H3/t13-,15+,17-/m1/s1. The van der Waals surface area contributed by atoms with Gasteiger partial charge in [-0.25, -0.2) is 13.1 Å². The van der Waals surface area contributed by atoms with E-state index in [1.165, 1.54) is 0 Å². The zero-order chi connectivity index (χ0) is 18.3. The van der Waals surface area contributed by atoms with Crippen molar-refractivity contribution >= 4 is 15.9 Å². The number of nitrogens with one attached hydrogen (secondary N) is 1. The Morgan fingerprint density at radius 2 is 2.00 bits per heavy atom. The van der Waals surface area contributed by atoms with Gasteiger partial charge in [-0.15, -0.1) is 0 Å². The lowest BCUT2D eigenvalue weighted by molar-refractivity contribution is 0.0665. The number of carbonyl (C=O) groups excluding carboxylic acids is 1. The zero-order valence-corrected chi connectivity index (χ0v) is 15.4. The maximum atomic E-state index is 12.9. The molecule has 4 rings (SSSR count). The minimum Gasteiger partial charge on any atom is -0.332 e. The summed E-state index contributed by atoms with van der Waals surface area (Å²) in [5.41, 5.74) is 0.560. The Balaban J connectivity index is 1.53. The molecule has 1 aliphatic heterocycles. The SMILES string of the molecule is CCn1nccc1C(=O)N1C[C@@H]2C[C@H](NS(=O)(=O)c3ccccc3)[C@H]1C2. The number of piperidine rings is 1. The average molecular weight is 374 g/mol. The van der Waals surface area contributed by atoms with E-state index >= 15 is 0 Å². The van der Waals surface area contributed by atoms with Gasteiger partial charge < -0.3 is 4.90 Å². The third-order valence-electron chi connectivity index (χ3n) is 5.34. The Labute approximate surface area is 153 Å². The first-order valence-electron chi connectivity index (χ1n) is 8.89. The Bertz CT molecular complexity index is 910. The minimum absolute atomic E-state index is 0.0690. The highest BCUT2D eigenvalue weighted by Gasteiger charge is 2.48. The van der Waals surface area contributed by atoms with Gasteiger partial charge in [0.1, 0.15) is 5.69 Å². The lowest BCUT2D eigenvalue weighted by Gasteiger charge is -2.33. The Morgan fingerprint density at radius 3 is 2.69 bits per heavy atom. The largest absolute Gasteiger partial charge is 0.332 e. The number of sulfonamides is 1. The van der Waals surface area contributed by atoms with E-state index in [-0.39, 0.29) is 22.9 Å². The monoisotopic (exact) mass is 374 g/mol. The van der Waals surface area contributed by atoms with Crippen LogP contribution in [-0.2, 0) is 16.6 Å². The molecule has 1 aromatic heterocycles. The van der Waals surface area contributed by atoms with Crippen molar-refractivity contribution in [3.63, 3.8) is 0 Å². The molecule has 1 aromatic carbocycles. The number of carbonyl (C=O) groups is 1. The number of fused-ring (bicyclic) bond motifs is 2. The van der Waals surface area contributed by atoms with Gasteiger partial charge in [0.25, 0.3) is 5.91 Å². The van der Waals surface area contributed by atoms with Crippen LogP contribution in [0.15, 0.2) is 47.5 Å². The van der Waals surface area contributed by atoms with Crippen LogP contribution in [0.3, 0.4) is 0 Å². The van der Waals surface area contributed by atoms with Gasteiger partial charge in [0.2, 0.25) is 10.0 Å². The van der Waals surface area contributed by atoms with Gasteiger partial charge in [-0.1, -0.05) is 18.2 Å². The molecule has 2 bridgehead atoms. The van der Waals surface area contributed by atoms with E-state index in [0.29, 0.717) is 24.7 Å². The van der Waals surface area contributed by atoms with E-state index in [2.05, 4.69) is 9.82 Å². The maximum Gasteiger partial charge on any atom is 0.272 e. The average Bonchev–Trinajstić information content (AvgIpc) is 3.36. The van der Waals surface area contributed by atoms with Crippen LogP contribution in [0.2, 0.25) is 0 Å². The van der Waals surface area contributed by atoms with E-state index < -0.39 is 10.0 Å². The number of amides is 1. The molecule has 8 heteroatoms. The van der Waals surface area contributed by atoms with Crippen molar-refractivity contribution in [1.29, 1.82) is 0 Å². The van der Waals surface area contributed by atoms with Crippen molar-refractivity contribution in [2.24, 2.45) is 5.92 Å². The van der Waals surface area contributed by atoms with Crippen molar-refractivity contribution in [2.45, 2.75) is 43.3 Å². The third-order valence-corrected chi connectivity index (χ3v) is 6.84. The molecule has 2 aliphatic rings. The summed E-state index contributed by atoms with van der Waals surface area (Å²) in [7, 11) is -3.59. The fourth-order valence-corrected chi connectivity index (χ4v) is 5.47. The van der Waals surface area contributed by atoms with Gasteiger partial charge in [-0.2, -0.15) is 5.10 Å². The predicted molar refractivity (Wildman–Crippen MR) is 96.0 cm³/mol. The Morgan fingerprint density at radius 1 is 1.23 bits per heavy atom. The summed E-state index contributed by atoms with van der Waals surface area (Å²) in [5, 5.41) is 4.17. The van der Waals surface area contributed by atoms with Crippen LogP contribution in [0.25, 0.3) is 0 Å². The lowest BCUT2D eigenvalue weighted by Crippen LogP contribution is -2.52. The molecular formula is C18H22N4O3S. The first-order valence-corrected chi connectivity index (χ1v) is 10.4. The van der Waals surface area contributed by atoms with Crippen molar-refractivity contribution in [1.82, 2.24) is 19.4 Å². The highest BCUT2D eigenvalue weighted by Crippen LogP contribution is 2.39. The molecule has 1 aliphatic carbocycles. The van der Waals surface area contributed by atoms with Crippen LogP contribution in [0.1, 0.15) is 30.3 Å². The van der Waals surface area contributed by atoms with Crippen molar-refractivity contribution in [3.05, 3.63) is 48.3 Å². The van der Waals surface area contributed by atoms with Crippen LogP contribution in [0, 0.1) is 5.92 Å². The van der Waals surface area contributed by atoms with Crippen molar-refractivity contribution in [2.75, 3.05) is 6.54 Å². The second kappa shape index (κ2) is 6.51. The number of hydrogen-bond donors (Lipinski definition) is 1. The lowest BCUT2D eigenvalue weighted by atomic mass is 10.1. The molecule has 0 unspecified atom stereocenters. The molecular weight excluding hydrogens is 352 g/mol. The molecule has 7 nitrogen and oxygen atoms in total. The first kappa shape index (κ1) is 17.2. The van der Waals surface area contributed by atoms with Gasteiger partial charge in [-0.05, 0) is 43.9 Å². The fraction of sp³-hybridized carbons (Fsp3) is 0.444. The van der Waals surface area contributed by atoms with Crippen LogP contribution >= 0.6 is 0 Å². The molecule has 1 saturated heterocycles. The second-order valence-electron chi connectivity index (χ2n) is 6.94. The van der Waals surface area contributed by atoms with Crippen molar-refractivity contribution in [3.8, 4) is 0 Å². The molecule has 0 radical (unpaired) electrons. The maximum absolute atomic E-state index is 12.9. The van der Waals surface area contributed by atoms with E-state index in [9.17, 15) is 13.2 Å². The van der Waals surface area contributed by atoms with E-state index in [0.717, 1.165) is 12.8 Å². The fourth-order valence-electron chi connectivity index (χ4n) is 4.17. The second-order valence-corrected chi connectivity index (χ2v) is 8.65. The summed E-state index contributed by atoms with van der Waals surface area (Å²) in [6.07, 6.45) is 3.24. The van der Waals surface area contributed by atoms with Crippen LogP contribution < -0.4 is 4.72 Å². The number of nitrogens with zero attached hydrogens (tertiary/aromatic N) is 3. The highest BCUT2D eigenvalue weighted by molar-refractivity contribution is 7.89. The molecule has 1 saturated carbocycles.